The van der Waals surface area contributed by atoms with Gasteiger partial charge in [0.25, 0.3) is 0 Å². The Morgan fingerprint density at radius 3 is 2.43 bits per heavy atom. The summed E-state index contributed by atoms with van der Waals surface area (Å²) in [4.78, 5) is 25.5. The average molecular weight is 298 g/mol. The van der Waals surface area contributed by atoms with Crippen LogP contribution in [0.25, 0.3) is 0 Å². The number of aliphatic carboxylic acids is 1. The maximum absolute atomic E-state index is 12.4. The summed E-state index contributed by atoms with van der Waals surface area (Å²) < 4.78 is 0. The summed E-state index contributed by atoms with van der Waals surface area (Å²) >= 11 is 0. The molecule has 1 unspecified atom stereocenters. The minimum Gasteiger partial charge on any atom is -0.480 e. The van der Waals surface area contributed by atoms with Crippen LogP contribution in [0.2, 0.25) is 0 Å². The van der Waals surface area contributed by atoms with Crippen LogP contribution in [0.15, 0.2) is 0 Å². The summed E-state index contributed by atoms with van der Waals surface area (Å²) in [6, 6.07) is -1.02. The molecule has 21 heavy (non-hydrogen) atoms. The fourth-order valence-electron chi connectivity index (χ4n) is 2.69. The van der Waals surface area contributed by atoms with Gasteiger partial charge in [-0.3, -0.25) is 0 Å². The molecule has 1 aliphatic heterocycles. The van der Waals surface area contributed by atoms with Crippen molar-refractivity contribution in [2.75, 3.05) is 13.1 Å². The molecule has 1 rings (SSSR count). The highest BCUT2D eigenvalue weighted by Gasteiger charge is 2.44. The van der Waals surface area contributed by atoms with Gasteiger partial charge in [-0.15, -0.1) is 0 Å². The highest BCUT2D eigenvalue weighted by atomic mass is 16.4. The molecule has 0 aromatic carbocycles. The van der Waals surface area contributed by atoms with Crippen LogP contribution >= 0.6 is 0 Å². The van der Waals surface area contributed by atoms with Gasteiger partial charge in [-0.25, -0.2) is 9.59 Å². The van der Waals surface area contributed by atoms with E-state index < -0.39 is 17.4 Å². The molecule has 1 fully saturated rings. The van der Waals surface area contributed by atoms with Crippen LogP contribution in [0.3, 0.4) is 0 Å². The van der Waals surface area contributed by atoms with Crippen LogP contribution in [-0.2, 0) is 4.79 Å². The number of urea groups is 1. The third kappa shape index (κ3) is 4.11. The number of likely N-dealkylation sites (tertiary alicyclic amines) is 1. The largest absolute Gasteiger partial charge is 0.480 e. The summed E-state index contributed by atoms with van der Waals surface area (Å²) in [5, 5.41) is 12.4. The Balaban J connectivity index is 2.78. The fourth-order valence-corrected chi connectivity index (χ4v) is 2.69. The lowest BCUT2D eigenvalue weighted by Crippen LogP contribution is -2.59. The van der Waals surface area contributed by atoms with Gasteiger partial charge in [-0.05, 0) is 29.6 Å². The lowest BCUT2D eigenvalue weighted by Gasteiger charge is -2.44. The molecule has 0 aromatic heterocycles. The van der Waals surface area contributed by atoms with Crippen LogP contribution in [0.1, 0.15) is 54.4 Å². The van der Waals surface area contributed by atoms with Crippen molar-refractivity contribution in [3.8, 4) is 0 Å². The first-order valence-electron chi connectivity index (χ1n) is 7.76. The molecular weight excluding hydrogens is 268 g/mol. The van der Waals surface area contributed by atoms with Gasteiger partial charge in [0.2, 0.25) is 0 Å². The molecular formula is C16H30N2O3. The molecule has 1 atom stereocenters. The second kappa shape index (κ2) is 6.24. The molecule has 2 N–H and O–H groups in total. The van der Waals surface area contributed by atoms with E-state index >= 15 is 0 Å². The molecule has 122 valence electrons. The molecule has 2 amide bonds. The Hall–Kier alpha value is -1.26. The van der Waals surface area contributed by atoms with E-state index in [4.69, 9.17) is 0 Å². The molecule has 5 nitrogen and oxygen atoms in total. The smallest absolute Gasteiger partial charge is 0.327 e. The Labute approximate surface area is 128 Å². The number of hydrogen-bond donors (Lipinski definition) is 2. The van der Waals surface area contributed by atoms with E-state index in [0.717, 1.165) is 12.8 Å². The summed E-state index contributed by atoms with van der Waals surface area (Å²) in [6.45, 7) is 13.3. The van der Waals surface area contributed by atoms with Gasteiger partial charge in [0, 0.05) is 13.1 Å². The van der Waals surface area contributed by atoms with E-state index in [1.54, 1.807) is 0 Å². The maximum Gasteiger partial charge on any atom is 0.327 e. The van der Waals surface area contributed by atoms with Crippen molar-refractivity contribution in [1.29, 1.82) is 0 Å². The molecule has 1 heterocycles. The molecule has 0 spiro atoms. The van der Waals surface area contributed by atoms with Gasteiger partial charge < -0.3 is 15.3 Å². The van der Waals surface area contributed by atoms with E-state index in [-0.39, 0.29) is 11.4 Å². The molecule has 1 aliphatic rings. The maximum atomic E-state index is 12.4. The number of carbonyl (C=O) groups excluding carboxylic acids is 1. The number of nitrogens with one attached hydrogen (secondary N) is 1. The van der Waals surface area contributed by atoms with E-state index in [1.165, 1.54) is 4.90 Å². The highest BCUT2D eigenvalue weighted by molar-refractivity contribution is 5.83. The number of carboxylic acids is 1. The Kier molecular flexibility index (Phi) is 5.29. The number of carboxylic acid groups (broad SMARTS) is 1. The first kappa shape index (κ1) is 17.8. The standard InChI is InChI=1S/C16H30N2O3/c1-11(2)16(5,6)10-17-14(21)18-9-7-8-15(3,4)12(18)13(19)20/h11-12H,7-10H2,1-6H3,(H,17,21)(H,19,20). The van der Waals surface area contributed by atoms with E-state index in [2.05, 4.69) is 33.0 Å². The Bertz CT molecular complexity index is 402. The average Bonchev–Trinajstić information content (AvgIpc) is 2.33. The van der Waals surface area contributed by atoms with Crippen LogP contribution in [0.5, 0.6) is 0 Å². The second-order valence-electron chi connectivity index (χ2n) is 7.83. The minimum atomic E-state index is -0.919. The number of piperidine rings is 1. The zero-order valence-corrected chi connectivity index (χ0v) is 14.2. The normalized spacial score (nSPS) is 22.2. The third-order valence-electron chi connectivity index (χ3n) is 5.02. The zero-order valence-electron chi connectivity index (χ0n) is 14.2. The van der Waals surface area contributed by atoms with Crippen LogP contribution in [-0.4, -0.2) is 41.1 Å². The molecule has 0 aliphatic carbocycles. The van der Waals surface area contributed by atoms with Crippen molar-refractivity contribution in [3.05, 3.63) is 0 Å². The number of amides is 2. The van der Waals surface area contributed by atoms with Crippen LogP contribution in [0.4, 0.5) is 4.79 Å². The van der Waals surface area contributed by atoms with Crippen molar-refractivity contribution in [1.82, 2.24) is 10.2 Å². The van der Waals surface area contributed by atoms with Gasteiger partial charge in [0.05, 0.1) is 0 Å². The minimum absolute atomic E-state index is 0.0142. The van der Waals surface area contributed by atoms with E-state index in [9.17, 15) is 14.7 Å². The van der Waals surface area contributed by atoms with Gasteiger partial charge >= 0.3 is 12.0 Å². The van der Waals surface area contributed by atoms with Crippen molar-refractivity contribution in [3.63, 3.8) is 0 Å². The summed E-state index contributed by atoms with van der Waals surface area (Å²) in [5.41, 5.74) is -0.408. The molecule has 0 aromatic rings. The number of rotatable bonds is 4. The van der Waals surface area contributed by atoms with Gasteiger partial charge in [0.1, 0.15) is 6.04 Å². The lowest BCUT2D eigenvalue weighted by atomic mass is 9.76. The highest BCUT2D eigenvalue weighted by Crippen LogP contribution is 2.35. The monoisotopic (exact) mass is 298 g/mol. The zero-order chi connectivity index (χ0) is 16.4. The molecule has 0 radical (unpaired) electrons. The van der Waals surface area contributed by atoms with Crippen LogP contribution < -0.4 is 5.32 Å². The van der Waals surface area contributed by atoms with E-state index in [1.807, 2.05) is 13.8 Å². The molecule has 5 heteroatoms. The van der Waals surface area contributed by atoms with Crippen molar-refractivity contribution in [2.24, 2.45) is 16.7 Å². The predicted octanol–water partition coefficient (Wildman–Crippen LogP) is 2.95. The third-order valence-corrected chi connectivity index (χ3v) is 5.02. The SMILES string of the molecule is CC(C)C(C)(C)CNC(=O)N1CCCC(C)(C)C1C(=O)O. The van der Waals surface area contributed by atoms with Crippen molar-refractivity contribution >= 4 is 12.0 Å². The number of carbonyl (C=O) groups is 2. The van der Waals surface area contributed by atoms with Gasteiger partial charge in [0.15, 0.2) is 0 Å². The number of nitrogens with zero attached hydrogens (tertiary/aromatic N) is 1. The van der Waals surface area contributed by atoms with Gasteiger partial charge in [-0.1, -0.05) is 41.5 Å². The summed E-state index contributed by atoms with van der Waals surface area (Å²) in [5.74, 6) is -0.483. The van der Waals surface area contributed by atoms with Crippen molar-refractivity contribution in [2.45, 2.75) is 60.4 Å². The summed E-state index contributed by atoms with van der Waals surface area (Å²) in [6.07, 6.45) is 1.67. The summed E-state index contributed by atoms with van der Waals surface area (Å²) in [7, 11) is 0. The number of hydrogen-bond acceptors (Lipinski definition) is 2. The topological polar surface area (TPSA) is 69.6 Å². The lowest BCUT2D eigenvalue weighted by molar-refractivity contribution is -0.148. The fraction of sp³-hybridized carbons (Fsp3) is 0.875. The second-order valence-corrected chi connectivity index (χ2v) is 7.83. The Morgan fingerprint density at radius 1 is 1.38 bits per heavy atom. The predicted molar refractivity (Wildman–Crippen MR) is 83.2 cm³/mol. The molecule has 0 saturated carbocycles. The Morgan fingerprint density at radius 2 is 1.95 bits per heavy atom. The van der Waals surface area contributed by atoms with E-state index in [0.29, 0.717) is 19.0 Å². The molecule has 0 bridgehead atoms. The quantitative estimate of drug-likeness (QED) is 0.838. The van der Waals surface area contributed by atoms with Crippen LogP contribution in [0, 0.1) is 16.7 Å². The first-order chi connectivity index (χ1) is 9.49. The first-order valence-corrected chi connectivity index (χ1v) is 7.76. The molecule has 1 saturated heterocycles. The van der Waals surface area contributed by atoms with Gasteiger partial charge in [-0.2, -0.15) is 0 Å². The van der Waals surface area contributed by atoms with Crippen molar-refractivity contribution < 1.29 is 14.7 Å².